The normalized spacial score (nSPS) is 15.2. The van der Waals surface area contributed by atoms with Crippen LogP contribution >= 0.6 is 0 Å². The molecule has 0 amide bonds. The summed E-state index contributed by atoms with van der Waals surface area (Å²) in [6.45, 7) is -0.224. The number of non-ortho nitro benzene ring substituents is 2. The highest BCUT2D eigenvalue weighted by Gasteiger charge is 2.53. The van der Waals surface area contributed by atoms with Gasteiger partial charge in [-0.05, 0) is 42.0 Å². The van der Waals surface area contributed by atoms with Crippen molar-refractivity contribution in [1.29, 1.82) is 0 Å². The monoisotopic (exact) mass is 678 g/mol. The van der Waals surface area contributed by atoms with Crippen molar-refractivity contribution in [2.45, 2.75) is 12.2 Å². The Hall–Kier alpha value is -7.43. The van der Waals surface area contributed by atoms with Gasteiger partial charge in [-0.2, -0.15) is 0 Å². The number of hydrogen-bond acceptors (Lipinski definition) is 13. The number of rotatable bonds is 9. The maximum Gasteiger partial charge on any atom is 0.340 e. The highest BCUT2D eigenvalue weighted by atomic mass is 16.6. The van der Waals surface area contributed by atoms with Crippen LogP contribution in [0.15, 0.2) is 97.1 Å². The molecule has 0 aliphatic carbocycles. The molecule has 0 saturated heterocycles. The lowest BCUT2D eigenvalue weighted by Crippen LogP contribution is -2.33. The van der Waals surface area contributed by atoms with Gasteiger partial charge >= 0.3 is 17.3 Å². The van der Waals surface area contributed by atoms with Crippen molar-refractivity contribution in [3.8, 4) is 28.7 Å². The van der Waals surface area contributed by atoms with Gasteiger partial charge in [0.05, 0.1) is 37.4 Å². The van der Waals surface area contributed by atoms with Crippen LogP contribution in [0.4, 0.5) is 22.7 Å². The topological polar surface area (TPSA) is 227 Å². The molecule has 0 aromatic heterocycles. The van der Waals surface area contributed by atoms with Gasteiger partial charge in [-0.3, -0.25) is 40.5 Å². The Labute approximate surface area is 278 Å². The number of nitro groups is 4. The van der Waals surface area contributed by atoms with E-state index >= 15 is 0 Å². The van der Waals surface area contributed by atoms with Crippen LogP contribution in [0, 0.1) is 40.5 Å². The van der Waals surface area contributed by atoms with E-state index in [-0.39, 0.29) is 35.4 Å². The van der Waals surface area contributed by atoms with Gasteiger partial charge in [0.2, 0.25) is 5.75 Å². The van der Waals surface area contributed by atoms with E-state index in [2.05, 4.69) is 0 Å². The summed E-state index contributed by atoms with van der Waals surface area (Å²) in [7, 11) is 0. The first-order valence-electron chi connectivity index (χ1n) is 14.4. The van der Waals surface area contributed by atoms with Crippen LogP contribution in [0.25, 0.3) is 0 Å². The minimum atomic E-state index is -1.50. The molecule has 17 heteroatoms. The van der Waals surface area contributed by atoms with Gasteiger partial charge in [-0.1, -0.05) is 30.3 Å². The molecular formula is C33H18N4O13. The van der Waals surface area contributed by atoms with E-state index in [0.717, 1.165) is 36.4 Å². The number of nitro benzene ring substituents is 4. The molecule has 0 N–H and O–H groups in total. The van der Waals surface area contributed by atoms with Crippen LogP contribution in [-0.4, -0.2) is 25.7 Å². The summed E-state index contributed by atoms with van der Waals surface area (Å²) in [5.74, 6) is -0.667. The fourth-order valence-corrected chi connectivity index (χ4v) is 5.87. The first-order chi connectivity index (χ1) is 24.0. The van der Waals surface area contributed by atoms with Crippen molar-refractivity contribution < 1.29 is 43.4 Å². The third-order valence-corrected chi connectivity index (χ3v) is 8.07. The second kappa shape index (κ2) is 11.7. The van der Waals surface area contributed by atoms with E-state index in [1.54, 1.807) is 48.5 Å². The molecule has 1 spiro atoms. The van der Waals surface area contributed by atoms with Gasteiger partial charge in [0.25, 0.3) is 11.4 Å². The fraction of sp³-hybridized carbons (Fsp3) is 0.0606. The Balaban J connectivity index is 1.28. The minimum absolute atomic E-state index is 0.0573. The molecule has 1 atom stereocenters. The zero-order chi connectivity index (χ0) is 35.3. The Morgan fingerprint density at radius 3 is 1.88 bits per heavy atom. The number of fused-ring (bicyclic) bond motifs is 6. The quantitative estimate of drug-likeness (QED) is 0.0850. The number of ether oxygens (including phenoxy) is 4. The lowest BCUT2D eigenvalue weighted by atomic mass is 9.77. The molecule has 2 heterocycles. The third kappa shape index (κ3) is 5.10. The molecule has 0 bridgehead atoms. The first kappa shape index (κ1) is 31.2. The fourth-order valence-electron chi connectivity index (χ4n) is 5.87. The van der Waals surface area contributed by atoms with Crippen molar-refractivity contribution in [2.24, 2.45) is 0 Å². The predicted molar refractivity (Wildman–Crippen MR) is 169 cm³/mol. The van der Waals surface area contributed by atoms with Crippen molar-refractivity contribution in [3.63, 3.8) is 0 Å². The van der Waals surface area contributed by atoms with Crippen LogP contribution in [0.2, 0.25) is 0 Å². The second-order valence-electron chi connectivity index (χ2n) is 10.9. The molecular weight excluding hydrogens is 660 g/mol. The molecule has 2 aliphatic rings. The molecule has 5 aromatic carbocycles. The lowest BCUT2D eigenvalue weighted by molar-refractivity contribution is -0.395. The summed E-state index contributed by atoms with van der Waals surface area (Å²) >= 11 is 0. The molecule has 2 aliphatic heterocycles. The molecule has 0 radical (unpaired) electrons. The summed E-state index contributed by atoms with van der Waals surface area (Å²) in [5, 5.41) is 45.6. The standard InChI is InChI=1S/C33H18N4O13/c38-32-22-3-1-2-4-23(22)33(50-32)24-9-5-18(17-47-28-11-6-19(34(39)40)14-26(28)36(43)44)13-30(24)49-31-16-21(8-10-25(31)33)48-29-12-7-20(35(41)42)15-27(29)37(45)46/h1-16H,17H2. The van der Waals surface area contributed by atoms with Gasteiger partial charge in [-0.15, -0.1) is 0 Å². The van der Waals surface area contributed by atoms with E-state index in [1.165, 1.54) is 12.1 Å². The molecule has 248 valence electrons. The van der Waals surface area contributed by atoms with E-state index in [1.807, 2.05) is 0 Å². The van der Waals surface area contributed by atoms with E-state index in [9.17, 15) is 45.3 Å². The average Bonchev–Trinajstić information content (AvgIpc) is 3.39. The molecule has 5 aromatic rings. The Bertz CT molecular complexity index is 2330. The molecule has 50 heavy (non-hydrogen) atoms. The number of nitrogens with zero attached hydrogens (tertiary/aromatic N) is 4. The van der Waals surface area contributed by atoms with Gasteiger partial charge in [0.15, 0.2) is 11.4 Å². The Kier molecular flexibility index (Phi) is 7.28. The predicted octanol–water partition coefficient (Wildman–Crippen LogP) is 7.26. The molecule has 0 saturated carbocycles. The van der Waals surface area contributed by atoms with Crippen LogP contribution in [-0.2, 0) is 16.9 Å². The molecule has 7 rings (SSSR count). The maximum atomic E-state index is 13.2. The van der Waals surface area contributed by atoms with Crippen molar-refractivity contribution in [1.82, 2.24) is 0 Å². The van der Waals surface area contributed by atoms with Crippen molar-refractivity contribution in [2.75, 3.05) is 0 Å². The zero-order valence-electron chi connectivity index (χ0n) is 25.0. The van der Waals surface area contributed by atoms with E-state index in [0.29, 0.717) is 27.8 Å². The van der Waals surface area contributed by atoms with E-state index < -0.39 is 54.0 Å². The summed E-state index contributed by atoms with van der Waals surface area (Å²) in [5.41, 5.74) is -1.59. The molecule has 1 unspecified atom stereocenters. The van der Waals surface area contributed by atoms with Gasteiger partial charge < -0.3 is 18.9 Å². The molecule has 17 nitrogen and oxygen atoms in total. The highest BCUT2D eigenvalue weighted by molar-refractivity contribution is 5.97. The lowest BCUT2D eigenvalue weighted by Gasteiger charge is -2.36. The number of carbonyl (C=O) groups excluding carboxylic acids is 1. The minimum Gasteiger partial charge on any atom is -0.482 e. The summed E-state index contributed by atoms with van der Waals surface area (Å²) in [6, 6.07) is 22.1. The molecule has 0 fully saturated rings. The Morgan fingerprint density at radius 1 is 0.620 bits per heavy atom. The summed E-state index contributed by atoms with van der Waals surface area (Å²) < 4.78 is 23.9. The smallest absolute Gasteiger partial charge is 0.340 e. The second-order valence-corrected chi connectivity index (χ2v) is 10.9. The largest absolute Gasteiger partial charge is 0.482 e. The van der Waals surface area contributed by atoms with Crippen molar-refractivity contribution in [3.05, 3.63) is 165 Å². The van der Waals surface area contributed by atoms with Gasteiger partial charge in [0, 0.05) is 34.9 Å². The highest BCUT2D eigenvalue weighted by Crippen LogP contribution is 2.57. The summed E-state index contributed by atoms with van der Waals surface area (Å²) in [6.07, 6.45) is 0. The average molecular weight is 679 g/mol. The Morgan fingerprint density at radius 2 is 1.22 bits per heavy atom. The van der Waals surface area contributed by atoms with Gasteiger partial charge in [0.1, 0.15) is 23.9 Å². The van der Waals surface area contributed by atoms with Crippen molar-refractivity contribution >= 4 is 28.7 Å². The van der Waals surface area contributed by atoms with Crippen LogP contribution in [0.3, 0.4) is 0 Å². The van der Waals surface area contributed by atoms with Crippen LogP contribution in [0.1, 0.15) is 32.6 Å². The van der Waals surface area contributed by atoms with Crippen LogP contribution in [0.5, 0.6) is 28.7 Å². The SMILES string of the molecule is O=C1OC2(c3ccc(COc4ccc([N+](=O)[O-])cc4[N+](=O)[O-])cc3Oc3cc(Oc4ccc([N+](=O)[O-])cc4[N+](=O)[O-])ccc32)c2ccccc21. The third-order valence-electron chi connectivity index (χ3n) is 8.07. The zero-order valence-corrected chi connectivity index (χ0v) is 25.0. The summed E-state index contributed by atoms with van der Waals surface area (Å²) in [4.78, 5) is 55.7. The van der Waals surface area contributed by atoms with Gasteiger partial charge in [-0.25, -0.2) is 4.79 Å². The van der Waals surface area contributed by atoms with Crippen LogP contribution < -0.4 is 14.2 Å². The first-order valence-corrected chi connectivity index (χ1v) is 14.4. The van der Waals surface area contributed by atoms with E-state index in [4.69, 9.17) is 18.9 Å². The maximum absolute atomic E-state index is 13.2. The number of esters is 1. The number of benzene rings is 5. The number of carbonyl (C=O) groups is 1. The number of hydrogen-bond donors (Lipinski definition) is 0.